The molecule has 1 aromatic heterocycles. The van der Waals surface area contributed by atoms with Crippen LogP contribution < -0.4 is 5.32 Å². The van der Waals surface area contributed by atoms with Crippen molar-refractivity contribution in [3.63, 3.8) is 0 Å². The second-order valence-electron chi connectivity index (χ2n) is 5.16. The molecule has 0 amide bonds. The van der Waals surface area contributed by atoms with E-state index in [1.807, 2.05) is 29.1 Å². The molecule has 0 bridgehead atoms. The van der Waals surface area contributed by atoms with E-state index in [0.717, 1.165) is 18.8 Å². The summed E-state index contributed by atoms with van der Waals surface area (Å²) >= 11 is 0. The average Bonchev–Trinajstić information content (AvgIpc) is 2.99. The quantitative estimate of drug-likeness (QED) is 0.774. The number of hydrogen-bond acceptors (Lipinski definition) is 2. The lowest BCUT2D eigenvalue weighted by Crippen LogP contribution is -2.13. The number of rotatable bonds is 5. The van der Waals surface area contributed by atoms with Crippen molar-refractivity contribution in [1.29, 1.82) is 0 Å². The third-order valence-corrected chi connectivity index (χ3v) is 3.56. The largest absolute Gasteiger partial charge is 0.308 e. The molecule has 3 aromatic rings. The Morgan fingerprint density at radius 2 is 1.71 bits per heavy atom. The fraction of sp³-hybridized carbons (Fsp3) is 0.167. The van der Waals surface area contributed by atoms with Crippen molar-refractivity contribution in [3.8, 4) is 5.69 Å². The van der Waals surface area contributed by atoms with Gasteiger partial charge >= 0.3 is 0 Å². The van der Waals surface area contributed by atoms with Gasteiger partial charge in [0.2, 0.25) is 0 Å². The number of hydrogen-bond donors (Lipinski definition) is 1. The van der Waals surface area contributed by atoms with Crippen molar-refractivity contribution in [1.82, 2.24) is 15.1 Å². The van der Waals surface area contributed by atoms with E-state index in [1.165, 1.54) is 16.7 Å². The van der Waals surface area contributed by atoms with E-state index in [1.54, 1.807) is 0 Å². The van der Waals surface area contributed by atoms with Gasteiger partial charge in [0, 0.05) is 24.8 Å². The summed E-state index contributed by atoms with van der Waals surface area (Å²) in [7, 11) is 0. The number of nitrogens with zero attached hydrogens (tertiary/aromatic N) is 2. The Labute approximate surface area is 125 Å². The number of nitrogens with one attached hydrogen (secondary N) is 1. The Bertz CT molecular complexity index is 701. The first-order valence-corrected chi connectivity index (χ1v) is 7.17. The van der Waals surface area contributed by atoms with Crippen LogP contribution in [0.15, 0.2) is 67.0 Å². The minimum Gasteiger partial charge on any atom is -0.308 e. The van der Waals surface area contributed by atoms with Gasteiger partial charge in [-0.05, 0) is 30.2 Å². The summed E-state index contributed by atoms with van der Waals surface area (Å²) in [5.41, 5.74) is 4.94. The summed E-state index contributed by atoms with van der Waals surface area (Å²) in [4.78, 5) is 0. The van der Waals surface area contributed by atoms with E-state index in [-0.39, 0.29) is 0 Å². The van der Waals surface area contributed by atoms with Gasteiger partial charge in [0.05, 0.1) is 11.9 Å². The molecule has 3 heteroatoms. The van der Waals surface area contributed by atoms with E-state index in [4.69, 9.17) is 0 Å². The Balaban J connectivity index is 1.60. The molecule has 0 fully saturated rings. The van der Waals surface area contributed by atoms with Crippen LogP contribution in [-0.4, -0.2) is 9.78 Å². The Hall–Kier alpha value is -2.39. The van der Waals surface area contributed by atoms with Crippen molar-refractivity contribution >= 4 is 0 Å². The van der Waals surface area contributed by atoms with Crippen molar-refractivity contribution in [2.75, 3.05) is 0 Å². The molecule has 0 aliphatic heterocycles. The minimum absolute atomic E-state index is 0.821. The van der Waals surface area contributed by atoms with Gasteiger partial charge in [0.25, 0.3) is 0 Å². The molecule has 1 N–H and O–H groups in total. The smallest absolute Gasteiger partial charge is 0.0645 e. The molecule has 1 heterocycles. The highest BCUT2D eigenvalue weighted by molar-refractivity contribution is 5.31. The topological polar surface area (TPSA) is 29.9 Å². The Morgan fingerprint density at radius 1 is 0.952 bits per heavy atom. The lowest BCUT2D eigenvalue weighted by atomic mass is 10.1. The third kappa shape index (κ3) is 3.38. The maximum atomic E-state index is 4.41. The minimum atomic E-state index is 0.821. The zero-order valence-electron chi connectivity index (χ0n) is 12.2. The number of para-hydroxylation sites is 1. The van der Waals surface area contributed by atoms with Crippen LogP contribution in [0.4, 0.5) is 0 Å². The van der Waals surface area contributed by atoms with Gasteiger partial charge in [-0.2, -0.15) is 5.10 Å². The molecule has 0 unspecified atom stereocenters. The molecule has 0 aliphatic carbocycles. The highest BCUT2D eigenvalue weighted by Crippen LogP contribution is 2.09. The van der Waals surface area contributed by atoms with Crippen LogP contribution in [0, 0.1) is 6.92 Å². The summed E-state index contributed by atoms with van der Waals surface area (Å²) in [5, 5.41) is 7.88. The molecule has 0 saturated heterocycles. The molecular formula is C18H19N3. The predicted octanol–water partition coefficient (Wildman–Crippen LogP) is 3.47. The Kier molecular flexibility index (Phi) is 4.12. The van der Waals surface area contributed by atoms with Crippen molar-refractivity contribution in [2.45, 2.75) is 20.0 Å². The fourth-order valence-electron chi connectivity index (χ4n) is 2.32. The normalized spacial score (nSPS) is 10.7. The number of aryl methyl sites for hydroxylation is 1. The average molecular weight is 277 g/mol. The number of benzene rings is 2. The molecule has 2 aromatic carbocycles. The van der Waals surface area contributed by atoms with Crippen LogP contribution in [0.25, 0.3) is 5.69 Å². The first-order valence-electron chi connectivity index (χ1n) is 7.17. The van der Waals surface area contributed by atoms with Crippen LogP contribution in [0.3, 0.4) is 0 Å². The highest BCUT2D eigenvalue weighted by Gasteiger charge is 2.01. The van der Waals surface area contributed by atoms with Gasteiger partial charge in [0.15, 0.2) is 0 Å². The summed E-state index contributed by atoms with van der Waals surface area (Å²) < 4.78 is 1.91. The standard InChI is InChI=1S/C18H19N3/c1-15-7-5-6-8-17(15)13-19-11-16-12-20-21(14-16)18-9-3-2-4-10-18/h2-10,12,14,19H,11,13H2,1H3. The van der Waals surface area contributed by atoms with E-state index in [9.17, 15) is 0 Å². The van der Waals surface area contributed by atoms with Gasteiger partial charge in [0.1, 0.15) is 0 Å². The Morgan fingerprint density at radius 3 is 2.52 bits per heavy atom. The van der Waals surface area contributed by atoms with Gasteiger partial charge in [-0.25, -0.2) is 4.68 Å². The zero-order chi connectivity index (χ0) is 14.5. The third-order valence-electron chi connectivity index (χ3n) is 3.56. The van der Waals surface area contributed by atoms with Crippen LogP contribution >= 0.6 is 0 Å². The fourth-order valence-corrected chi connectivity index (χ4v) is 2.32. The SMILES string of the molecule is Cc1ccccc1CNCc1cnn(-c2ccccc2)c1. The second-order valence-corrected chi connectivity index (χ2v) is 5.16. The molecule has 0 aliphatic rings. The second kappa shape index (κ2) is 6.37. The van der Waals surface area contributed by atoms with E-state index in [0.29, 0.717) is 0 Å². The van der Waals surface area contributed by atoms with Crippen molar-refractivity contribution < 1.29 is 0 Å². The summed E-state index contributed by atoms with van der Waals surface area (Å²) in [6.07, 6.45) is 3.98. The molecule has 3 rings (SSSR count). The van der Waals surface area contributed by atoms with Crippen LogP contribution in [-0.2, 0) is 13.1 Å². The summed E-state index contributed by atoms with van der Waals surface area (Å²) in [5.74, 6) is 0. The molecular weight excluding hydrogens is 258 g/mol. The summed E-state index contributed by atoms with van der Waals surface area (Å²) in [6, 6.07) is 18.6. The zero-order valence-corrected chi connectivity index (χ0v) is 12.2. The monoisotopic (exact) mass is 277 g/mol. The van der Waals surface area contributed by atoms with Gasteiger partial charge < -0.3 is 5.32 Å². The van der Waals surface area contributed by atoms with E-state index >= 15 is 0 Å². The van der Waals surface area contributed by atoms with Gasteiger partial charge in [-0.15, -0.1) is 0 Å². The lowest BCUT2D eigenvalue weighted by molar-refractivity contribution is 0.690. The van der Waals surface area contributed by atoms with E-state index in [2.05, 4.69) is 59.9 Å². The van der Waals surface area contributed by atoms with Crippen LogP contribution in [0.1, 0.15) is 16.7 Å². The molecule has 0 radical (unpaired) electrons. The van der Waals surface area contributed by atoms with Crippen molar-refractivity contribution in [3.05, 3.63) is 83.7 Å². The molecule has 0 saturated carbocycles. The molecule has 21 heavy (non-hydrogen) atoms. The maximum Gasteiger partial charge on any atom is 0.0645 e. The van der Waals surface area contributed by atoms with E-state index < -0.39 is 0 Å². The van der Waals surface area contributed by atoms with Crippen LogP contribution in [0.5, 0.6) is 0 Å². The summed E-state index contributed by atoms with van der Waals surface area (Å²) in [6.45, 7) is 3.84. The highest BCUT2D eigenvalue weighted by atomic mass is 15.3. The lowest BCUT2D eigenvalue weighted by Gasteiger charge is -2.06. The predicted molar refractivity (Wildman–Crippen MR) is 85.3 cm³/mol. The number of aromatic nitrogens is 2. The maximum absolute atomic E-state index is 4.41. The first kappa shape index (κ1) is 13.6. The van der Waals surface area contributed by atoms with Crippen LogP contribution in [0.2, 0.25) is 0 Å². The molecule has 0 atom stereocenters. The molecule has 3 nitrogen and oxygen atoms in total. The van der Waals surface area contributed by atoms with Gasteiger partial charge in [-0.3, -0.25) is 0 Å². The molecule has 0 spiro atoms. The van der Waals surface area contributed by atoms with Gasteiger partial charge in [-0.1, -0.05) is 42.5 Å². The molecule has 106 valence electrons. The van der Waals surface area contributed by atoms with Crippen molar-refractivity contribution in [2.24, 2.45) is 0 Å². The first-order chi connectivity index (χ1) is 10.3.